The first-order valence-corrected chi connectivity index (χ1v) is 8.08. The van der Waals surface area contributed by atoms with E-state index in [0.717, 1.165) is 30.0 Å². The zero-order valence-electron chi connectivity index (χ0n) is 13.7. The fraction of sp³-hybridized carbons (Fsp3) is 0.235. The number of anilines is 1. The van der Waals surface area contributed by atoms with E-state index in [1.54, 1.807) is 0 Å². The summed E-state index contributed by atoms with van der Waals surface area (Å²) in [5.74, 6) is -1.24. The molecule has 1 aromatic carbocycles. The van der Waals surface area contributed by atoms with E-state index in [-0.39, 0.29) is 16.3 Å². The maximum absolute atomic E-state index is 14.0. The van der Waals surface area contributed by atoms with E-state index in [1.807, 2.05) is 6.07 Å². The van der Waals surface area contributed by atoms with Crippen LogP contribution in [0.4, 0.5) is 23.4 Å². The number of hydrogen-bond acceptors (Lipinski definition) is 4. The summed E-state index contributed by atoms with van der Waals surface area (Å²) >= 11 is 0.922. The standard InChI is InChI=1S/C17H13F4N3OS/c1-16(2,26-13-5-3-10(8-22)7-12(13)18)15(25)24-14-6-4-11(9-23-14)17(19,20)21/h3-7,9H,1-2H3,(H,23,24,25). The number of alkyl halides is 3. The minimum absolute atomic E-state index is 0.0445. The monoisotopic (exact) mass is 383 g/mol. The maximum atomic E-state index is 14.0. The summed E-state index contributed by atoms with van der Waals surface area (Å²) in [6.45, 7) is 3.07. The van der Waals surface area contributed by atoms with Crippen molar-refractivity contribution in [1.29, 1.82) is 5.26 Å². The lowest BCUT2D eigenvalue weighted by molar-refractivity contribution is -0.137. The minimum Gasteiger partial charge on any atom is -0.309 e. The number of nitrogens with one attached hydrogen (secondary N) is 1. The highest BCUT2D eigenvalue weighted by Gasteiger charge is 2.32. The molecule has 0 radical (unpaired) electrons. The third-order valence-electron chi connectivity index (χ3n) is 3.31. The van der Waals surface area contributed by atoms with Crippen LogP contribution in [0.15, 0.2) is 41.4 Å². The van der Waals surface area contributed by atoms with Gasteiger partial charge in [-0.1, -0.05) is 0 Å². The summed E-state index contributed by atoms with van der Waals surface area (Å²) < 4.78 is 50.4. The molecule has 0 aliphatic heterocycles. The van der Waals surface area contributed by atoms with E-state index < -0.39 is 28.2 Å². The fourth-order valence-electron chi connectivity index (χ4n) is 1.88. The quantitative estimate of drug-likeness (QED) is 0.618. The molecule has 0 spiro atoms. The van der Waals surface area contributed by atoms with Crippen molar-refractivity contribution in [2.75, 3.05) is 5.32 Å². The maximum Gasteiger partial charge on any atom is 0.417 e. The number of hydrogen-bond donors (Lipinski definition) is 1. The van der Waals surface area contributed by atoms with Crippen LogP contribution in [0.2, 0.25) is 0 Å². The molecule has 0 unspecified atom stereocenters. The highest BCUT2D eigenvalue weighted by atomic mass is 32.2. The third kappa shape index (κ3) is 4.73. The predicted octanol–water partition coefficient (Wildman–Crippen LogP) is 4.62. The summed E-state index contributed by atoms with van der Waals surface area (Å²) in [6.07, 6.45) is -3.90. The number of pyridine rings is 1. The van der Waals surface area contributed by atoms with Gasteiger partial charge in [0.1, 0.15) is 11.6 Å². The molecule has 0 fully saturated rings. The number of amides is 1. The van der Waals surface area contributed by atoms with E-state index in [2.05, 4.69) is 10.3 Å². The second kappa shape index (κ2) is 7.33. The van der Waals surface area contributed by atoms with Crippen molar-refractivity contribution in [2.45, 2.75) is 29.7 Å². The Balaban J connectivity index is 2.11. The van der Waals surface area contributed by atoms with Crippen LogP contribution in [0, 0.1) is 17.1 Å². The van der Waals surface area contributed by atoms with Gasteiger partial charge in [0.25, 0.3) is 0 Å². The van der Waals surface area contributed by atoms with Crippen LogP contribution in [0.3, 0.4) is 0 Å². The predicted molar refractivity (Wildman–Crippen MR) is 88.9 cm³/mol. The summed E-state index contributed by atoms with van der Waals surface area (Å²) in [4.78, 5) is 16.1. The van der Waals surface area contributed by atoms with Crippen LogP contribution in [0.5, 0.6) is 0 Å². The van der Waals surface area contributed by atoms with E-state index in [1.165, 1.54) is 26.0 Å². The van der Waals surface area contributed by atoms with E-state index in [9.17, 15) is 22.4 Å². The number of aromatic nitrogens is 1. The fourth-order valence-corrected chi connectivity index (χ4v) is 2.86. The summed E-state index contributed by atoms with van der Waals surface area (Å²) in [7, 11) is 0. The Hall–Kier alpha value is -2.60. The number of nitriles is 1. The van der Waals surface area contributed by atoms with Crippen molar-refractivity contribution < 1.29 is 22.4 Å². The summed E-state index contributed by atoms with van der Waals surface area (Å²) in [5.41, 5.74) is -0.771. The van der Waals surface area contributed by atoms with Crippen LogP contribution >= 0.6 is 11.8 Å². The second-order valence-corrected chi connectivity index (χ2v) is 7.42. The van der Waals surface area contributed by atoms with Gasteiger partial charge >= 0.3 is 6.18 Å². The minimum atomic E-state index is -4.52. The molecule has 0 aliphatic carbocycles. The molecule has 0 bridgehead atoms. The SMILES string of the molecule is CC(C)(Sc1ccc(C#N)cc1F)C(=O)Nc1ccc(C(F)(F)F)cn1. The van der Waals surface area contributed by atoms with E-state index >= 15 is 0 Å². The van der Waals surface area contributed by atoms with Crippen molar-refractivity contribution >= 4 is 23.5 Å². The molecule has 1 amide bonds. The number of nitrogens with zero attached hydrogens (tertiary/aromatic N) is 2. The average molecular weight is 383 g/mol. The lowest BCUT2D eigenvalue weighted by Gasteiger charge is -2.23. The number of rotatable bonds is 4. The molecule has 4 nitrogen and oxygen atoms in total. The molecule has 9 heteroatoms. The van der Waals surface area contributed by atoms with Gasteiger partial charge in [-0.05, 0) is 44.2 Å². The van der Waals surface area contributed by atoms with Gasteiger partial charge in [-0.25, -0.2) is 9.37 Å². The molecule has 26 heavy (non-hydrogen) atoms. The molecule has 1 aromatic heterocycles. The molecule has 1 heterocycles. The Labute approximate surface area is 151 Å². The van der Waals surface area contributed by atoms with Crippen molar-refractivity contribution in [1.82, 2.24) is 4.98 Å². The van der Waals surface area contributed by atoms with Gasteiger partial charge < -0.3 is 5.32 Å². The first kappa shape index (κ1) is 19.7. The number of halogens is 4. The van der Waals surface area contributed by atoms with Crippen molar-refractivity contribution in [2.24, 2.45) is 0 Å². The highest BCUT2D eigenvalue weighted by molar-refractivity contribution is 8.01. The van der Waals surface area contributed by atoms with Gasteiger partial charge in [0.15, 0.2) is 0 Å². The number of carbonyl (C=O) groups is 1. The number of thioether (sulfide) groups is 1. The van der Waals surface area contributed by atoms with Crippen LogP contribution in [0.25, 0.3) is 0 Å². The first-order valence-electron chi connectivity index (χ1n) is 7.26. The third-order valence-corrected chi connectivity index (χ3v) is 4.55. The molecular weight excluding hydrogens is 370 g/mol. The summed E-state index contributed by atoms with van der Waals surface area (Å²) in [5, 5.41) is 11.2. The number of carbonyl (C=O) groups excluding carboxylic acids is 1. The topological polar surface area (TPSA) is 65.8 Å². The Bertz CT molecular complexity index is 858. The van der Waals surface area contributed by atoms with Gasteiger partial charge in [-0.2, -0.15) is 18.4 Å². The van der Waals surface area contributed by atoms with Crippen molar-refractivity contribution in [3.8, 4) is 6.07 Å². The van der Waals surface area contributed by atoms with Crippen LogP contribution in [-0.4, -0.2) is 15.6 Å². The van der Waals surface area contributed by atoms with Crippen molar-refractivity contribution in [3.05, 3.63) is 53.5 Å². The Morgan fingerprint density at radius 2 is 1.92 bits per heavy atom. The second-order valence-electron chi connectivity index (χ2n) is 5.75. The Kier molecular flexibility index (Phi) is 5.56. The first-order chi connectivity index (χ1) is 12.0. The zero-order valence-corrected chi connectivity index (χ0v) is 14.5. The lowest BCUT2D eigenvalue weighted by atomic mass is 10.2. The molecule has 0 atom stereocenters. The highest BCUT2D eigenvalue weighted by Crippen LogP contribution is 2.35. The van der Waals surface area contributed by atoms with Crippen LogP contribution in [-0.2, 0) is 11.0 Å². The summed E-state index contributed by atoms with van der Waals surface area (Å²) in [6, 6.07) is 7.55. The van der Waals surface area contributed by atoms with E-state index in [0.29, 0.717) is 6.20 Å². The molecule has 0 saturated heterocycles. The Morgan fingerprint density at radius 3 is 2.42 bits per heavy atom. The largest absolute Gasteiger partial charge is 0.417 e. The molecule has 0 aliphatic rings. The van der Waals surface area contributed by atoms with Crippen LogP contribution in [0.1, 0.15) is 25.0 Å². The van der Waals surface area contributed by atoms with Gasteiger partial charge in [0.05, 0.1) is 21.9 Å². The molecule has 2 rings (SSSR count). The van der Waals surface area contributed by atoms with Gasteiger partial charge in [0.2, 0.25) is 5.91 Å². The van der Waals surface area contributed by atoms with Gasteiger partial charge in [-0.3, -0.25) is 4.79 Å². The Morgan fingerprint density at radius 1 is 1.23 bits per heavy atom. The van der Waals surface area contributed by atoms with E-state index in [4.69, 9.17) is 5.26 Å². The average Bonchev–Trinajstić information content (AvgIpc) is 2.56. The van der Waals surface area contributed by atoms with Crippen molar-refractivity contribution in [3.63, 3.8) is 0 Å². The normalized spacial score (nSPS) is 11.7. The molecule has 0 saturated carbocycles. The van der Waals surface area contributed by atoms with Gasteiger partial charge in [0, 0.05) is 11.1 Å². The molecule has 136 valence electrons. The lowest BCUT2D eigenvalue weighted by Crippen LogP contribution is -2.34. The van der Waals surface area contributed by atoms with Gasteiger partial charge in [-0.15, -0.1) is 11.8 Å². The molecule has 1 N–H and O–H groups in total. The number of benzene rings is 1. The smallest absolute Gasteiger partial charge is 0.309 e. The molecule has 2 aromatic rings. The molecular formula is C17H13F4N3OS. The van der Waals surface area contributed by atoms with Crippen LogP contribution < -0.4 is 5.32 Å². The zero-order chi connectivity index (χ0) is 19.5.